The molecule has 1 unspecified atom stereocenters. The molecule has 2 aromatic heterocycles. The fourth-order valence-electron chi connectivity index (χ4n) is 2.70. The van der Waals surface area contributed by atoms with Crippen molar-refractivity contribution in [3.8, 4) is 11.6 Å². The Morgan fingerprint density at radius 3 is 2.42 bits per heavy atom. The van der Waals surface area contributed by atoms with Gasteiger partial charge in [-0.05, 0) is 30.3 Å². The molecule has 26 heavy (non-hydrogen) atoms. The van der Waals surface area contributed by atoms with Crippen molar-refractivity contribution in [2.45, 2.75) is 6.04 Å². The van der Waals surface area contributed by atoms with E-state index in [2.05, 4.69) is 15.3 Å². The van der Waals surface area contributed by atoms with Gasteiger partial charge in [0.25, 0.3) is 5.91 Å². The highest BCUT2D eigenvalue weighted by molar-refractivity contribution is 5.96. The molecule has 1 amide bonds. The smallest absolute Gasteiger partial charge is 0.257 e. The Labute approximate surface area is 151 Å². The molecule has 1 atom stereocenters. The average Bonchev–Trinajstić information content (AvgIpc) is 2.72. The first-order valence-electron chi connectivity index (χ1n) is 8.08. The van der Waals surface area contributed by atoms with Crippen LogP contribution in [-0.2, 0) is 0 Å². The number of hydrogen-bond donors (Lipinski definition) is 1. The van der Waals surface area contributed by atoms with Crippen LogP contribution in [0.25, 0.3) is 0 Å². The third-order valence-corrected chi connectivity index (χ3v) is 3.92. The number of pyridine rings is 2. The van der Waals surface area contributed by atoms with E-state index in [0.29, 0.717) is 17.0 Å². The van der Waals surface area contributed by atoms with Crippen molar-refractivity contribution in [1.29, 1.82) is 0 Å². The number of methoxy groups -OCH3 is 2. The predicted octanol–water partition coefficient (Wildman–Crippen LogP) is 3.01. The Bertz CT molecular complexity index is 884. The molecule has 132 valence electrons. The summed E-state index contributed by atoms with van der Waals surface area (Å²) in [7, 11) is 3.08. The number of amides is 1. The first-order chi connectivity index (χ1) is 12.7. The lowest BCUT2D eigenvalue weighted by atomic mass is 10.0. The van der Waals surface area contributed by atoms with Crippen LogP contribution in [0.4, 0.5) is 0 Å². The molecule has 0 aliphatic rings. The van der Waals surface area contributed by atoms with E-state index in [1.807, 2.05) is 42.5 Å². The summed E-state index contributed by atoms with van der Waals surface area (Å²) in [6.45, 7) is 0. The number of nitrogens with zero attached hydrogens (tertiary/aromatic N) is 2. The molecule has 0 saturated heterocycles. The van der Waals surface area contributed by atoms with Crippen molar-refractivity contribution in [3.63, 3.8) is 0 Å². The van der Waals surface area contributed by atoms with E-state index in [9.17, 15) is 4.79 Å². The summed E-state index contributed by atoms with van der Waals surface area (Å²) < 4.78 is 10.7. The second-order valence-electron chi connectivity index (χ2n) is 5.46. The fraction of sp³-hybridized carbons (Fsp3) is 0.150. The zero-order chi connectivity index (χ0) is 18.4. The molecule has 3 rings (SSSR count). The van der Waals surface area contributed by atoms with Crippen LogP contribution in [0.15, 0.2) is 67.0 Å². The number of carbonyl (C=O) groups excluding carboxylic acids is 1. The lowest BCUT2D eigenvalue weighted by Gasteiger charge is -2.21. The molecule has 0 aliphatic carbocycles. The van der Waals surface area contributed by atoms with Gasteiger partial charge in [-0.2, -0.15) is 0 Å². The number of aromatic nitrogens is 2. The van der Waals surface area contributed by atoms with Gasteiger partial charge in [-0.15, -0.1) is 0 Å². The number of para-hydroxylation sites is 1. The minimum absolute atomic E-state index is 0.268. The Morgan fingerprint density at radius 2 is 1.69 bits per heavy atom. The van der Waals surface area contributed by atoms with Gasteiger partial charge < -0.3 is 14.8 Å². The zero-order valence-electron chi connectivity index (χ0n) is 14.5. The number of hydrogen-bond acceptors (Lipinski definition) is 5. The topological polar surface area (TPSA) is 73.3 Å². The van der Waals surface area contributed by atoms with Gasteiger partial charge in [0.15, 0.2) is 0 Å². The Balaban J connectivity index is 2.01. The lowest BCUT2D eigenvalue weighted by molar-refractivity contribution is 0.0938. The first-order valence-corrected chi connectivity index (χ1v) is 8.08. The SMILES string of the molecule is COc1ccccc1C(NC(=O)c1cccnc1OC)c1ccccn1. The normalized spacial score (nSPS) is 11.5. The molecule has 0 saturated carbocycles. The maximum absolute atomic E-state index is 12.9. The van der Waals surface area contributed by atoms with Crippen molar-refractivity contribution < 1.29 is 14.3 Å². The van der Waals surface area contributed by atoms with Crippen LogP contribution in [0.3, 0.4) is 0 Å². The molecule has 0 aliphatic heterocycles. The summed E-state index contributed by atoms with van der Waals surface area (Å²) in [6, 6.07) is 16.0. The van der Waals surface area contributed by atoms with Gasteiger partial charge in [-0.3, -0.25) is 9.78 Å². The van der Waals surface area contributed by atoms with Crippen LogP contribution in [0.2, 0.25) is 0 Å². The number of benzene rings is 1. The van der Waals surface area contributed by atoms with E-state index in [-0.39, 0.29) is 11.8 Å². The van der Waals surface area contributed by atoms with Gasteiger partial charge in [0.2, 0.25) is 5.88 Å². The summed E-state index contributed by atoms with van der Waals surface area (Å²) in [6.07, 6.45) is 3.26. The van der Waals surface area contributed by atoms with Crippen molar-refractivity contribution >= 4 is 5.91 Å². The van der Waals surface area contributed by atoms with Crippen LogP contribution < -0.4 is 14.8 Å². The van der Waals surface area contributed by atoms with E-state index < -0.39 is 6.04 Å². The van der Waals surface area contributed by atoms with E-state index in [4.69, 9.17) is 9.47 Å². The highest BCUT2D eigenvalue weighted by Gasteiger charge is 2.23. The standard InChI is InChI=1S/C20H19N3O3/c1-25-17-11-4-3-8-14(17)18(16-10-5-6-12-21-16)23-19(24)15-9-7-13-22-20(15)26-2/h3-13,18H,1-2H3,(H,23,24). The Morgan fingerprint density at radius 1 is 0.923 bits per heavy atom. The van der Waals surface area contributed by atoms with Gasteiger partial charge in [0, 0.05) is 18.0 Å². The number of rotatable bonds is 6. The molecule has 0 bridgehead atoms. The minimum atomic E-state index is -0.482. The summed E-state index contributed by atoms with van der Waals surface area (Å²) in [5, 5.41) is 3.01. The largest absolute Gasteiger partial charge is 0.496 e. The number of ether oxygens (including phenoxy) is 2. The van der Waals surface area contributed by atoms with Crippen LogP contribution in [0.5, 0.6) is 11.6 Å². The molecule has 0 fully saturated rings. The second kappa shape index (κ2) is 8.11. The van der Waals surface area contributed by atoms with Gasteiger partial charge in [0.1, 0.15) is 17.4 Å². The molecule has 3 aromatic rings. The quantitative estimate of drug-likeness (QED) is 0.740. The molecular weight excluding hydrogens is 330 g/mol. The molecule has 1 aromatic carbocycles. The number of nitrogens with one attached hydrogen (secondary N) is 1. The van der Waals surface area contributed by atoms with Crippen LogP contribution >= 0.6 is 0 Å². The predicted molar refractivity (Wildman–Crippen MR) is 97.3 cm³/mol. The fourth-order valence-corrected chi connectivity index (χ4v) is 2.70. The van der Waals surface area contributed by atoms with Gasteiger partial charge in [0.05, 0.1) is 19.9 Å². The Hall–Kier alpha value is -3.41. The van der Waals surface area contributed by atoms with Crippen molar-refractivity contribution in [2.75, 3.05) is 14.2 Å². The summed E-state index contributed by atoms with van der Waals surface area (Å²) in [5.41, 5.74) is 1.86. The van der Waals surface area contributed by atoms with Crippen LogP contribution in [-0.4, -0.2) is 30.1 Å². The van der Waals surface area contributed by atoms with Crippen molar-refractivity contribution in [3.05, 3.63) is 83.8 Å². The highest BCUT2D eigenvalue weighted by atomic mass is 16.5. The van der Waals surface area contributed by atoms with E-state index in [0.717, 1.165) is 5.56 Å². The summed E-state index contributed by atoms with van der Waals surface area (Å²) in [4.78, 5) is 21.4. The maximum atomic E-state index is 12.9. The van der Waals surface area contributed by atoms with Crippen LogP contribution in [0.1, 0.15) is 27.7 Å². The van der Waals surface area contributed by atoms with Crippen LogP contribution in [0, 0.1) is 0 Å². The first kappa shape index (κ1) is 17.4. The van der Waals surface area contributed by atoms with Crippen molar-refractivity contribution in [2.24, 2.45) is 0 Å². The molecule has 1 N–H and O–H groups in total. The summed E-state index contributed by atoms with van der Waals surface area (Å²) in [5.74, 6) is 0.628. The van der Waals surface area contributed by atoms with Gasteiger partial charge >= 0.3 is 0 Å². The third kappa shape index (κ3) is 3.64. The maximum Gasteiger partial charge on any atom is 0.257 e. The molecule has 2 heterocycles. The Kier molecular flexibility index (Phi) is 5.43. The molecule has 0 spiro atoms. The number of carbonyl (C=O) groups is 1. The minimum Gasteiger partial charge on any atom is -0.496 e. The van der Waals surface area contributed by atoms with Gasteiger partial charge in [-0.25, -0.2) is 4.98 Å². The van der Waals surface area contributed by atoms with Crippen molar-refractivity contribution in [1.82, 2.24) is 15.3 Å². The molecule has 0 radical (unpaired) electrons. The van der Waals surface area contributed by atoms with Gasteiger partial charge in [-0.1, -0.05) is 24.3 Å². The van der Waals surface area contributed by atoms with E-state index in [1.165, 1.54) is 7.11 Å². The monoisotopic (exact) mass is 349 g/mol. The highest BCUT2D eigenvalue weighted by Crippen LogP contribution is 2.29. The third-order valence-electron chi connectivity index (χ3n) is 3.92. The molecule has 6 nitrogen and oxygen atoms in total. The lowest BCUT2D eigenvalue weighted by Crippen LogP contribution is -2.30. The molecular formula is C20H19N3O3. The van der Waals surface area contributed by atoms with E-state index >= 15 is 0 Å². The average molecular weight is 349 g/mol. The summed E-state index contributed by atoms with van der Waals surface area (Å²) >= 11 is 0. The second-order valence-corrected chi connectivity index (χ2v) is 5.46. The molecule has 6 heteroatoms. The van der Waals surface area contributed by atoms with E-state index in [1.54, 1.807) is 31.6 Å². The zero-order valence-corrected chi connectivity index (χ0v) is 14.5.